The highest BCUT2D eigenvalue weighted by Crippen LogP contribution is 2.32. The van der Waals surface area contributed by atoms with Crippen LogP contribution >= 0.6 is 0 Å². The third-order valence-corrected chi connectivity index (χ3v) is 5.18. The van der Waals surface area contributed by atoms with Gasteiger partial charge in [-0.3, -0.25) is 4.79 Å². The van der Waals surface area contributed by atoms with E-state index in [1.165, 1.54) is 0 Å². The molecule has 1 aliphatic rings. The van der Waals surface area contributed by atoms with Crippen molar-refractivity contribution in [3.05, 3.63) is 41.9 Å². The van der Waals surface area contributed by atoms with E-state index in [0.29, 0.717) is 0 Å². The number of imidazole rings is 1. The minimum atomic E-state index is 0.0423. The molecule has 0 spiro atoms. The molecule has 0 radical (unpaired) electrons. The lowest BCUT2D eigenvalue weighted by Crippen LogP contribution is -2.41. The molecule has 5 nitrogen and oxygen atoms in total. The first kappa shape index (κ1) is 17.7. The second-order valence-corrected chi connectivity index (χ2v) is 6.89. The molecule has 0 bridgehead atoms. The Bertz CT molecular complexity index is 708. The van der Waals surface area contributed by atoms with E-state index in [0.717, 1.165) is 54.9 Å². The lowest BCUT2D eigenvalue weighted by molar-refractivity contribution is -0.139. The second-order valence-electron chi connectivity index (χ2n) is 6.89. The molecule has 2 heterocycles. The summed E-state index contributed by atoms with van der Waals surface area (Å²) in [7, 11) is 0. The van der Waals surface area contributed by atoms with Crippen LogP contribution in [0.25, 0.3) is 11.3 Å². The van der Waals surface area contributed by atoms with Gasteiger partial charge in [-0.15, -0.1) is 0 Å². The fourth-order valence-electron chi connectivity index (χ4n) is 3.38. The van der Waals surface area contributed by atoms with Crippen LogP contribution in [0.1, 0.15) is 57.0 Å². The van der Waals surface area contributed by atoms with Crippen LogP contribution in [-0.4, -0.2) is 32.4 Å². The molecule has 1 saturated heterocycles. The third kappa shape index (κ3) is 3.76. The summed E-state index contributed by atoms with van der Waals surface area (Å²) >= 11 is 0. The lowest BCUT2D eigenvalue weighted by atomic mass is 9.98. The molecule has 1 aromatic heterocycles. The Morgan fingerprint density at radius 3 is 2.80 bits per heavy atom. The lowest BCUT2D eigenvalue weighted by Gasteiger charge is -2.36. The van der Waals surface area contributed by atoms with Gasteiger partial charge in [0, 0.05) is 12.5 Å². The number of rotatable bonds is 5. The maximum atomic E-state index is 12.7. The van der Waals surface area contributed by atoms with Crippen molar-refractivity contribution in [1.29, 1.82) is 0 Å². The molecular weight excluding hydrogens is 314 g/mol. The first-order valence-corrected chi connectivity index (χ1v) is 9.19. The van der Waals surface area contributed by atoms with Crippen LogP contribution in [0.3, 0.4) is 0 Å². The Morgan fingerprint density at radius 1 is 1.36 bits per heavy atom. The van der Waals surface area contributed by atoms with Crippen LogP contribution in [0.15, 0.2) is 30.5 Å². The second kappa shape index (κ2) is 7.83. The number of likely N-dealkylation sites (tertiary alicyclic amines) is 1. The molecule has 2 unspecified atom stereocenters. The van der Waals surface area contributed by atoms with E-state index in [1.54, 1.807) is 0 Å². The molecule has 1 aromatic carbocycles. The van der Waals surface area contributed by atoms with Crippen molar-refractivity contribution < 1.29 is 9.90 Å². The maximum Gasteiger partial charge on any atom is 0.226 e. The number of aromatic amines is 1. The van der Waals surface area contributed by atoms with E-state index in [2.05, 4.69) is 16.9 Å². The Hall–Kier alpha value is -2.14. The van der Waals surface area contributed by atoms with Gasteiger partial charge in [0.2, 0.25) is 5.91 Å². The summed E-state index contributed by atoms with van der Waals surface area (Å²) in [6, 6.07) is 7.82. The first-order valence-electron chi connectivity index (χ1n) is 9.19. The number of H-pyrrole nitrogens is 1. The highest BCUT2D eigenvalue weighted by Gasteiger charge is 2.31. The summed E-state index contributed by atoms with van der Waals surface area (Å²) in [5, 5.41) is 9.16. The van der Waals surface area contributed by atoms with Gasteiger partial charge in [-0.25, -0.2) is 4.98 Å². The summed E-state index contributed by atoms with van der Waals surface area (Å²) in [5.41, 5.74) is 2.87. The third-order valence-electron chi connectivity index (χ3n) is 5.18. The van der Waals surface area contributed by atoms with Gasteiger partial charge in [0.1, 0.15) is 5.82 Å². The molecule has 1 fully saturated rings. The van der Waals surface area contributed by atoms with Gasteiger partial charge in [-0.1, -0.05) is 38.1 Å². The van der Waals surface area contributed by atoms with Crippen LogP contribution in [0.4, 0.5) is 0 Å². The Balaban J connectivity index is 1.82. The number of hydrogen-bond acceptors (Lipinski definition) is 3. The van der Waals surface area contributed by atoms with E-state index >= 15 is 0 Å². The molecule has 25 heavy (non-hydrogen) atoms. The zero-order valence-electron chi connectivity index (χ0n) is 15.0. The molecule has 0 aliphatic carbocycles. The fourth-order valence-corrected chi connectivity index (χ4v) is 3.38. The standard InChI is InChI=1S/C20H27N3O2/c1-3-14(2)20(25)23-11-5-4-6-18(23)19-21-12-17(22-19)16-9-7-15(13-24)8-10-16/h7-10,12,14,18,24H,3-6,11,13H2,1-2H3,(H,21,22). The fraction of sp³-hybridized carbons (Fsp3) is 0.500. The number of nitrogens with zero attached hydrogens (tertiary/aromatic N) is 2. The van der Waals surface area contributed by atoms with Crippen molar-refractivity contribution >= 4 is 5.91 Å². The van der Waals surface area contributed by atoms with Gasteiger partial charge in [-0.2, -0.15) is 0 Å². The number of carbonyl (C=O) groups is 1. The number of hydrogen-bond donors (Lipinski definition) is 2. The van der Waals surface area contributed by atoms with Crippen molar-refractivity contribution in [2.45, 2.75) is 52.2 Å². The highest BCUT2D eigenvalue weighted by atomic mass is 16.3. The van der Waals surface area contributed by atoms with Crippen molar-refractivity contribution in [1.82, 2.24) is 14.9 Å². The molecule has 2 atom stereocenters. The highest BCUT2D eigenvalue weighted by molar-refractivity contribution is 5.79. The largest absolute Gasteiger partial charge is 0.392 e. The average Bonchev–Trinajstić information content (AvgIpc) is 3.17. The smallest absolute Gasteiger partial charge is 0.226 e. The van der Waals surface area contributed by atoms with Crippen LogP contribution < -0.4 is 0 Å². The average molecular weight is 341 g/mol. The first-order chi connectivity index (χ1) is 12.1. The molecule has 3 rings (SSSR count). The molecule has 2 aromatic rings. The van der Waals surface area contributed by atoms with E-state index < -0.39 is 0 Å². The number of piperidine rings is 1. The van der Waals surface area contributed by atoms with Crippen molar-refractivity contribution in [3.63, 3.8) is 0 Å². The SMILES string of the molecule is CCC(C)C(=O)N1CCCCC1c1ncc(-c2ccc(CO)cc2)[nH]1. The minimum absolute atomic E-state index is 0.0423. The summed E-state index contributed by atoms with van der Waals surface area (Å²) in [5.74, 6) is 1.16. The van der Waals surface area contributed by atoms with E-state index in [9.17, 15) is 4.79 Å². The van der Waals surface area contributed by atoms with Crippen LogP contribution in [0.5, 0.6) is 0 Å². The summed E-state index contributed by atoms with van der Waals surface area (Å²) in [4.78, 5) is 22.7. The van der Waals surface area contributed by atoms with Crippen LogP contribution in [-0.2, 0) is 11.4 Å². The molecule has 1 aliphatic heterocycles. The van der Waals surface area contributed by atoms with Crippen LogP contribution in [0.2, 0.25) is 0 Å². The summed E-state index contributed by atoms with van der Waals surface area (Å²) in [6.45, 7) is 4.92. The quantitative estimate of drug-likeness (QED) is 0.872. The number of nitrogens with one attached hydrogen (secondary N) is 1. The van der Waals surface area contributed by atoms with Gasteiger partial charge < -0.3 is 15.0 Å². The number of benzene rings is 1. The van der Waals surface area contributed by atoms with E-state index in [4.69, 9.17) is 5.11 Å². The molecule has 1 amide bonds. The minimum Gasteiger partial charge on any atom is -0.392 e. The molecule has 134 valence electrons. The zero-order chi connectivity index (χ0) is 17.8. The summed E-state index contributed by atoms with van der Waals surface area (Å²) in [6.07, 6.45) is 5.84. The maximum absolute atomic E-state index is 12.7. The number of amides is 1. The molecular formula is C20H27N3O2. The van der Waals surface area contributed by atoms with Crippen LogP contribution in [0, 0.1) is 5.92 Å². The topological polar surface area (TPSA) is 69.2 Å². The number of aliphatic hydroxyl groups is 1. The monoisotopic (exact) mass is 341 g/mol. The Kier molecular flexibility index (Phi) is 5.53. The van der Waals surface area contributed by atoms with Gasteiger partial charge in [-0.05, 0) is 36.8 Å². The Labute approximate surface area is 149 Å². The molecule has 0 saturated carbocycles. The van der Waals surface area contributed by atoms with E-state index in [1.807, 2.05) is 42.3 Å². The normalized spacial score (nSPS) is 19.0. The summed E-state index contributed by atoms with van der Waals surface area (Å²) < 4.78 is 0. The number of aromatic nitrogens is 2. The number of aliphatic hydroxyl groups excluding tert-OH is 1. The zero-order valence-corrected chi connectivity index (χ0v) is 15.0. The van der Waals surface area contributed by atoms with Gasteiger partial charge in [0.25, 0.3) is 0 Å². The predicted octanol–water partition coefficient (Wildman–Crippen LogP) is 3.67. The van der Waals surface area contributed by atoms with Crippen molar-refractivity contribution in [3.8, 4) is 11.3 Å². The van der Waals surface area contributed by atoms with Crippen molar-refractivity contribution in [2.24, 2.45) is 5.92 Å². The van der Waals surface area contributed by atoms with E-state index in [-0.39, 0.29) is 24.5 Å². The number of carbonyl (C=O) groups excluding carboxylic acids is 1. The molecule has 5 heteroatoms. The predicted molar refractivity (Wildman–Crippen MR) is 97.7 cm³/mol. The van der Waals surface area contributed by atoms with Gasteiger partial charge in [0.15, 0.2) is 0 Å². The molecule has 2 N–H and O–H groups in total. The van der Waals surface area contributed by atoms with Gasteiger partial charge >= 0.3 is 0 Å². The Morgan fingerprint density at radius 2 is 2.12 bits per heavy atom. The van der Waals surface area contributed by atoms with Gasteiger partial charge in [0.05, 0.1) is 24.5 Å². The van der Waals surface area contributed by atoms with Crippen molar-refractivity contribution in [2.75, 3.05) is 6.54 Å².